The quantitative estimate of drug-likeness (QED) is 0.601. The van der Waals surface area contributed by atoms with Crippen molar-refractivity contribution in [2.45, 2.75) is 19.9 Å². The number of fused-ring (bicyclic) bond motifs is 1. The molecule has 0 unspecified atom stereocenters. The first kappa shape index (κ1) is 12.8. The number of carbonyl (C=O) groups excluding carboxylic acids is 3. The minimum atomic E-state index is -1.36. The molecular formula is C12H13NO4S. The Labute approximate surface area is 108 Å². The summed E-state index contributed by atoms with van der Waals surface area (Å²) in [4.78, 5) is 37.5. The molecule has 1 aliphatic rings. The molecule has 1 amide bonds. The summed E-state index contributed by atoms with van der Waals surface area (Å²) in [6.07, 6.45) is 0. The van der Waals surface area contributed by atoms with E-state index in [1.807, 2.05) is 13.8 Å². The second kappa shape index (κ2) is 4.53. The smallest absolute Gasteiger partial charge is 0.326 e. The van der Waals surface area contributed by atoms with Gasteiger partial charge < -0.3 is 4.74 Å². The lowest BCUT2D eigenvalue weighted by atomic mass is 9.93. The summed E-state index contributed by atoms with van der Waals surface area (Å²) in [5.41, 5.74) is 0.420. The zero-order valence-corrected chi connectivity index (χ0v) is 11.1. The van der Waals surface area contributed by atoms with Crippen molar-refractivity contribution in [3.63, 3.8) is 0 Å². The summed E-state index contributed by atoms with van der Waals surface area (Å²) in [7, 11) is 1.17. The highest BCUT2D eigenvalue weighted by Crippen LogP contribution is 2.37. The van der Waals surface area contributed by atoms with E-state index in [0.717, 1.165) is 0 Å². The predicted octanol–water partition coefficient (Wildman–Crippen LogP) is 1.47. The number of thiophene rings is 1. The van der Waals surface area contributed by atoms with Crippen LogP contribution in [0.2, 0.25) is 0 Å². The number of ketones is 1. The van der Waals surface area contributed by atoms with Crippen LogP contribution in [0.25, 0.3) is 0 Å². The number of methoxy groups -OCH3 is 1. The minimum Gasteiger partial charge on any atom is -0.468 e. The number of hydrogen-bond donors (Lipinski definition) is 0. The van der Waals surface area contributed by atoms with Crippen LogP contribution in [0, 0.1) is 5.92 Å². The van der Waals surface area contributed by atoms with Crippen LogP contribution in [0.1, 0.15) is 24.2 Å². The van der Waals surface area contributed by atoms with Gasteiger partial charge in [-0.15, -0.1) is 11.3 Å². The number of carbonyl (C=O) groups is 3. The van der Waals surface area contributed by atoms with Crippen molar-refractivity contribution >= 4 is 34.0 Å². The average Bonchev–Trinajstić information content (AvgIpc) is 2.77. The standard InChI is InChI=1S/C12H13NO4S/c1-6(2)13-10(15)8(12(16)17-3)9(14)7-4-5-18-11(7)13/h4-6,8H,1-3H3/t8-/m0/s1. The lowest BCUT2D eigenvalue weighted by molar-refractivity contribution is -0.147. The van der Waals surface area contributed by atoms with Crippen LogP contribution in [-0.4, -0.2) is 30.8 Å². The molecule has 0 saturated heterocycles. The second-order valence-corrected chi connectivity index (χ2v) is 5.16. The number of ether oxygens (including phenoxy) is 1. The van der Waals surface area contributed by atoms with Gasteiger partial charge in [0, 0.05) is 6.04 Å². The molecule has 0 bridgehead atoms. The van der Waals surface area contributed by atoms with Crippen molar-refractivity contribution in [2.24, 2.45) is 5.92 Å². The number of nitrogens with zero attached hydrogens (tertiary/aromatic N) is 1. The monoisotopic (exact) mass is 267 g/mol. The van der Waals surface area contributed by atoms with Crippen LogP contribution in [0.4, 0.5) is 5.00 Å². The van der Waals surface area contributed by atoms with Crippen molar-refractivity contribution in [1.82, 2.24) is 0 Å². The van der Waals surface area contributed by atoms with E-state index in [2.05, 4.69) is 4.74 Å². The molecule has 1 aromatic rings. The Morgan fingerprint density at radius 1 is 1.44 bits per heavy atom. The molecule has 0 aliphatic carbocycles. The van der Waals surface area contributed by atoms with Crippen LogP contribution in [0.15, 0.2) is 11.4 Å². The molecule has 0 radical (unpaired) electrons. The van der Waals surface area contributed by atoms with Gasteiger partial charge in [-0.2, -0.15) is 0 Å². The van der Waals surface area contributed by atoms with Crippen molar-refractivity contribution in [2.75, 3.05) is 12.0 Å². The highest BCUT2D eigenvalue weighted by atomic mass is 32.1. The molecule has 2 rings (SSSR count). The Morgan fingerprint density at radius 3 is 2.67 bits per heavy atom. The van der Waals surface area contributed by atoms with E-state index in [9.17, 15) is 14.4 Å². The van der Waals surface area contributed by atoms with Gasteiger partial charge in [-0.3, -0.25) is 19.3 Å². The molecule has 1 atom stereocenters. The fraction of sp³-hybridized carbons (Fsp3) is 0.417. The van der Waals surface area contributed by atoms with Crippen molar-refractivity contribution in [3.05, 3.63) is 17.0 Å². The zero-order valence-electron chi connectivity index (χ0n) is 10.3. The lowest BCUT2D eigenvalue weighted by Crippen LogP contribution is -2.50. The largest absolute Gasteiger partial charge is 0.468 e. The van der Waals surface area contributed by atoms with Crippen molar-refractivity contribution < 1.29 is 19.1 Å². The first-order valence-corrected chi connectivity index (χ1v) is 6.39. The van der Waals surface area contributed by atoms with Gasteiger partial charge in [-0.05, 0) is 25.3 Å². The van der Waals surface area contributed by atoms with Crippen LogP contribution >= 0.6 is 11.3 Å². The molecule has 0 spiro atoms. The molecule has 0 N–H and O–H groups in total. The summed E-state index contributed by atoms with van der Waals surface area (Å²) in [5, 5.41) is 2.35. The maximum absolute atomic E-state index is 12.2. The first-order valence-electron chi connectivity index (χ1n) is 5.51. The molecule has 0 saturated carbocycles. The zero-order chi connectivity index (χ0) is 13.4. The third-order valence-corrected chi connectivity index (χ3v) is 3.74. The SMILES string of the molecule is COC(=O)[C@H]1C(=O)c2ccsc2N(C(C)C)C1=O. The number of esters is 1. The number of amides is 1. The highest BCUT2D eigenvalue weighted by molar-refractivity contribution is 7.15. The topological polar surface area (TPSA) is 63.7 Å². The van der Waals surface area contributed by atoms with Crippen LogP contribution in [0.5, 0.6) is 0 Å². The summed E-state index contributed by atoms with van der Waals surface area (Å²) >= 11 is 1.32. The fourth-order valence-electron chi connectivity index (χ4n) is 2.00. The molecule has 1 aliphatic heterocycles. The van der Waals surface area contributed by atoms with Crippen molar-refractivity contribution in [1.29, 1.82) is 0 Å². The van der Waals surface area contributed by atoms with Gasteiger partial charge in [0.15, 0.2) is 11.7 Å². The molecule has 0 fully saturated rings. The maximum atomic E-state index is 12.2. The molecule has 2 heterocycles. The summed E-state index contributed by atoms with van der Waals surface area (Å²) < 4.78 is 4.55. The summed E-state index contributed by atoms with van der Waals surface area (Å²) in [5.74, 6) is -3.14. The highest BCUT2D eigenvalue weighted by Gasteiger charge is 2.46. The Hall–Kier alpha value is -1.69. The molecule has 18 heavy (non-hydrogen) atoms. The Bertz CT molecular complexity index is 520. The van der Waals surface area contributed by atoms with Gasteiger partial charge in [-0.25, -0.2) is 0 Å². The molecule has 96 valence electrons. The van der Waals surface area contributed by atoms with Gasteiger partial charge >= 0.3 is 5.97 Å². The van der Waals surface area contributed by atoms with Gasteiger partial charge in [-0.1, -0.05) is 0 Å². The lowest BCUT2D eigenvalue weighted by Gasteiger charge is -2.32. The van der Waals surface area contributed by atoms with Crippen LogP contribution in [0.3, 0.4) is 0 Å². The van der Waals surface area contributed by atoms with E-state index < -0.39 is 23.6 Å². The Kier molecular flexibility index (Phi) is 3.21. The molecule has 0 aromatic carbocycles. The van der Waals surface area contributed by atoms with Gasteiger partial charge in [0.1, 0.15) is 5.00 Å². The molecular weight excluding hydrogens is 254 g/mol. The Morgan fingerprint density at radius 2 is 2.11 bits per heavy atom. The normalized spacial score (nSPS) is 19.1. The van der Waals surface area contributed by atoms with Gasteiger partial charge in [0.25, 0.3) is 0 Å². The van der Waals surface area contributed by atoms with E-state index in [4.69, 9.17) is 0 Å². The van der Waals surface area contributed by atoms with E-state index in [-0.39, 0.29) is 6.04 Å². The fourth-order valence-corrected chi connectivity index (χ4v) is 3.04. The second-order valence-electron chi connectivity index (χ2n) is 4.26. The van der Waals surface area contributed by atoms with Gasteiger partial charge in [0.05, 0.1) is 12.7 Å². The number of rotatable bonds is 2. The molecule has 5 nitrogen and oxygen atoms in total. The third kappa shape index (κ3) is 1.73. The van der Waals surface area contributed by atoms with Crippen LogP contribution < -0.4 is 4.90 Å². The van der Waals surface area contributed by atoms with E-state index in [1.54, 1.807) is 11.4 Å². The first-order chi connectivity index (χ1) is 8.49. The number of Topliss-reactive ketones (excluding diaryl/α,β-unsaturated/α-hetero) is 1. The van der Waals surface area contributed by atoms with Gasteiger partial charge in [0.2, 0.25) is 5.91 Å². The van der Waals surface area contributed by atoms with E-state index in [1.165, 1.54) is 23.3 Å². The summed E-state index contributed by atoms with van der Waals surface area (Å²) in [6.45, 7) is 3.68. The average molecular weight is 267 g/mol. The molecule has 1 aromatic heterocycles. The van der Waals surface area contributed by atoms with Crippen molar-refractivity contribution in [3.8, 4) is 0 Å². The number of anilines is 1. The Balaban J connectivity index is 2.54. The predicted molar refractivity (Wildman–Crippen MR) is 66.8 cm³/mol. The third-order valence-electron chi connectivity index (χ3n) is 2.83. The summed E-state index contributed by atoms with van der Waals surface area (Å²) in [6, 6.07) is 1.52. The van der Waals surface area contributed by atoms with E-state index >= 15 is 0 Å². The maximum Gasteiger partial charge on any atom is 0.326 e. The van der Waals surface area contributed by atoms with E-state index in [0.29, 0.717) is 10.6 Å². The van der Waals surface area contributed by atoms with Crippen LogP contribution in [-0.2, 0) is 14.3 Å². The number of hydrogen-bond acceptors (Lipinski definition) is 5. The molecule has 6 heteroatoms. The minimum absolute atomic E-state index is 0.116.